The fourth-order valence-corrected chi connectivity index (χ4v) is 3.66. The zero-order valence-electron chi connectivity index (χ0n) is 10.3. The van der Waals surface area contributed by atoms with E-state index in [1.165, 1.54) is 0 Å². The van der Waals surface area contributed by atoms with Gasteiger partial charge in [-0.05, 0) is 43.9 Å². The summed E-state index contributed by atoms with van der Waals surface area (Å²) in [7, 11) is -3.75. The third-order valence-corrected chi connectivity index (χ3v) is 4.87. The maximum absolute atomic E-state index is 12.9. The van der Waals surface area contributed by atoms with Crippen LogP contribution in [0.15, 0.2) is 23.1 Å². The Bertz CT molecular complexity index is 554. The molecule has 1 fully saturated rings. The van der Waals surface area contributed by atoms with Crippen molar-refractivity contribution >= 4 is 15.7 Å². The van der Waals surface area contributed by atoms with Gasteiger partial charge in [-0.25, -0.2) is 17.5 Å². The van der Waals surface area contributed by atoms with E-state index >= 15 is 0 Å². The van der Waals surface area contributed by atoms with Crippen LogP contribution >= 0.6 is 0 Å². The van der Waals surface area contributed by atoms with Gasteiger partial charge in [0.15, 0.2) is 0 Å². The third-order valence-electron chi connectivity index (χ3n) is 3.28. The van der Waals surface area contributed by atoms with E-state index in [0.717, 1.165) is 18.2 Å². The second-order valence-electron chi connectivity index (χ2n) is 4.81. The van der Waals surface area contributed by atoms with Gasteiger partial charge in [-0.2, -0.15) is 0 Å². The van der Waals surface area contributed by atoms with Gasteiger partial charge in [0.2, 0.25) is 10.0 Å². The summed E-state index contributed by atoms with van der Waals surface area (Å²) < 4.78 is 39.7. The highest BCUT2D eigenvalue weighted by Gasteiger charge is 2.26. The van der Waals surface area contributed by atoms with Gasteiger partial charge in [0.1, 0.15) is 10.7 Å². The molecule has 1 aromatic rings. The maximum Gasteiger partial charge on any atom is 0.242 e. The highest BCUT2D eigenvalue weighted by atomic mass is 32.2. The summed E-state index contributed by atoms with van der Waals surface area (Å²) in [4.78, 5) is -0.111. The second kappa shape index (κ2) is 5.44. The Morgan fingerprint density at radius 3 is 2.47 bits per heavy atom. The van der Waals surface area contributed by atoms with E-state index in [9.17, 15) is 17.9 Å². The number of hydrogen-bond acceptors (Lipinski definition) is 4. The first-order chi connectivity index (χ1) is 8.88. The number of aliphatic hydroxyl groups is 1. The fourth-order valence-electron chi connectivity index (χ4n) is 2.24. The Morgan fingerprint density at radius 1 is 1.26 bits per heavy atom. The van der Waals surface area contributed by atoms with Crippen molar-refractivity contribution in [3.8, 4) is 0 Å². The lowest BCUT2D eigenvalue weighted by Gasteiger charge is -2.26. The summed E-state index contributed by atoms with van der Waals surface area (Å²) in [6.07, 6.45) is 1.97. The molecule has 0 saturated heterocycles. The van der Waals surface area contributed by atoms with E-state index in [0.29, 0.717) is 25.7 Å². The molecule has 0 atom stereocenters. The van der Waals surface area contributed by atoms with Crippen molar-refractivity contribution < 1.29 is 17.9 Å². The molecular weight excluding hydrogens is 271 g/mol. The molecule has 4 N–H and O–H groups in total. The van der Waals surface area contributed by atoms with E-state index in [2.05, 4.69) is 4.72 Å². The molecule has 0 spiro atoms. The number of hydrogen-bond donors (Lipinski definition) is 3. The molecule has 5 nitrogen and oxygen atoms in total. The van der Waals surface area contributed by atoms with Gasteiger partial charge in [-0.3, -0.25) is 0 Å². The number of rotatable bonds is 3. The van der Waals surface area contributed by atoms with Crippen LogP contribution in [0.5, 0.6) is 0 Å². The molecule has 0 radical (unpaired) electrons. The lowest BCUT2D eigenvalue weighted by Crippen LogP contribution is -2.38. The molecule has 7 heteroatoms. The topological polar surface area (TPSA) is 92.4 Å². The van der Waals surface area contributed by atoms with Crippen LogP contribution < -0.4 is 10.5 Å². The molecule has 1 aromatic carbocycles. The Hall–Kier alpha value is -1.18. The van der Waals surface area contributed by atoms with E-state index in [1.54, 1.807) is 0 Å². The van der Waals surface area contributed by atoms with Crippen LogP contribution in [0.1, 0.15) is 25.7 Å². The standard InChI is InChI=1S/C12H17FN2O3S/c13-8-1-6-12(11(14)7-8)19(17,18)15-9-2-4-10(16)5-3-9/h1,6-7,9-10,15-16H,2-5,14H2. The smallest absolute Gasteiger partial charge is 0.242 e. The molecule has 1 aliphatic carbocycles. The minimum absolute atomic E-state index is 0.108. The van der Waals surface area contributed by atoms with Crippen LogP contribution in [-0.4, -0.2) is 25.7 Å². The maximum atomic E-state index is 12.9. The predicted octanol–water partition coefficient (Wildman–Crippen LogP) is 0.990. The van der Waals surface area contributed by atoms with Gasteiger partial charge >= 0.3 is 0 Å². The summed E-state index contributed by atoms with van der Waals surface area (Å²) in [5, 5.41) is 9.38. The van der Waals surface area contributed by atoms with Crippen LogP contribution in [0.2, 0.25) is 0 Å². The second-order valence-corrected chi connectivity index (χ2v) is 6.49. The molecule has 106 valence electrons. The zero-order chi connectivity index (χ0) is 14.0. The number of nitrogen functional groups attached to an aromatic ring is 1. The van der Waals surface area contributed by atoms with Crippen LogP contribution in [-0.2, 0) is 10.0 Å². The average molecular weight is 288 g/mol. The van der Waals surface area contributed by atoms with E-state index < -0.39 is 15.8 Å². The fraction of sp³-hybridized carbons (Fsp3) is 0.500. The van der Waals surface area contributed by atoms with Crippen LogP contribution in [0.4, 0.5) is 10.1 Å². The number of benzene rings is 1. The van der Waals surface area contributed by atoms with Crippen molar-refractivity contribution in [3.05, 3.63) is 24.0 Å². The lowest BCUT2D eigenvalue weighted by atomic mass is 9.94. The first-order valence-corrected chi connectivity index (χ1v) is 7.62. The molecule has 1 aliphatic rings. The number of nitrogens with two attached hydrogens (primary N) is 1. The van der Waals surface area contributed by atoms with Gasteiger partial charge in [0.05, 0.1) is 11.8 Å². The molecule has 0 unspecified atom stereocenters. The first kappa shape index (κ1) is 14.2. The van der Waals surface area contributed by atoms with Crippen molar-refractivity contribution in [3.63, 3.8) is 0 Å². The van der Waals surface area contributed by atoms with Crippen LogP contribution in [0, 0.1) is 5.82 Å². The minimum Gasteiger partial charge on any atom is -0.398 e. The average Bonchev–Trinajstić information content (AvgIpc) is 2.31. The zero-order valence-corrected chi connectivity index (χ0v) is 11.2. The normalized spacial score (nSPS) is 24.3. The molecule has 0 bridgehead atoms. The van der Waals surface area contributed by atoms with Crippen molar-refractivity contribution in [2.24, 2.45) is 0 Å². The molecule has 0 heterocycles. The lowest BCUT2D eigenvalue weighted by molar-refractivity contribution is 0.120. The number of sulfonamides is 1. The Kier molecular flexibility index (Phi) is 4.07. The summed E-state index contributed by atoms with van der Waals surface area (Å²) in [5.41, 5.74) is 5.43. The molecule has 0 aliphatic heterocycles. The van der Waals surface area contributed by atoms with Crippen molar-refractivity contribution in [2.75, 3.05) is 5.73 Å². The largest absolute Gasteiger partial charge is 0.398 e. The summed E-state index contributed by atoms with van der Waals surface area (Å²) in [5.74, 6) is -0.572. The van der Waals surface area contributed by atoms with Gasteiger partial charge in [-0.1, -0.05) is 0 Å². The SMILES string of the molecule is Nc1cc(F)ccc1S(=O)(=O)NC1CCC(O)CC1. The van der Waals surface area contributed by atoms with Gasteiger partial charge < -0.3 is 10.8 Å². The number of nitrogens with one attached hydrogen (secondary N) is 1. The van der Waals surface area contributed by atoms with Gasteiger partial charge in [-0.15, -0.1) is 0 Å². The first-order valence-electron chi connectivity index (χ1n) is 6.14. The number of anilines is 1. The monoisotopic (exact) mass is 288 g/mol. The minimum atomic E-state index is -3.75. The van der Waals surface area contributed by atoms with Crippen molar-refractivity contribution in [1.29, 1.82) is 0 Å². The quantitative estimate of drug-likeness (QED) is 0.723. The Labute approximate surface area is 111 Å². The molecule has 1 saturated carbocycles. The summed E-state index contributed by atoms with van der Waals surface area (Å²) in [6, 6.07) is 3.00. The highest BCUT2D eigenvalue weighted by molar-refractivity contribution is 7.89. The molecule has 0 amide bonds. The number of aliphatic hydroxyl groups excluding tert-OH is 1. The van der Waals surface area contributed by atoms with E-state index in [-0.39, 0.29) is 22.7 Å². The Morgan fingerprint density at radius 2 is 1.89 bits per heavy atom. The van der Waals surface area contributed by atoms with Gasteiger partial charge in [0.25, 0.3) is 0 Å². The van der Waals surface area contributed by atoms with E-state index in [4.69, 9.17) is 5.73 Å². The highest BCUT2D eigenvalue weighted by Crippen LogP contribution is 2.23. The van der Waals surface area contributed by atoms with E-state index in [1.807, 2.05) is 0 Å². The van der Waals surface area contributed by atoms with Crippen molar-refractivity contribution in [1.82, 2.24) is 4.72 Å². The van der Waals surface area contributed by atoms with Crippen molar-refractivity contribution in [2.45, 2.75) is 42.7 Å². The number of halogens is 1. The molecule has 2 rings (SSSR count). The molecular formula is C12H17FN2O3S. The molecule has 19 heavy (non-hydrogen) atoms. The Balaban J connectivity index is 2.14. The third kappa shape index (κ3) is 3.43. The predicted molar refractivity (Wildman–Crippen MR) is 69.4 cm³/mol. The molecule has 0 aromatic heterocycles. The summed E-state index contributed by atoms with van der Waals surface area (Å²) in [6.45, 7) is 0. The van der Waals surface area contributed by atoms with Crippen LogP contribution in [0.3, 0.4) is 0 Å². The van der Waals surface area contributed by atoms with Crippen LogP contribution in [0.25, 0.3) is 0 Å². The summed E-state index contributed by atoms with van der Waals surface area (Å²) >= 11 is 0. The van der Waals surface area contributed by atoms with Gasteiger partial charge in [0, 0.05) is 6.04 Å².